The van der Waals surface area contributed by atoms with Crippen molar-refractivity contribution < 1.29 is 14.3 Å². The number of nitrogens with one attached hydrogen (secondary N) is 2. The maximum absolute atomic E-state index is 13.0. The third-order valence-corrected chi connectivity index (χ3v) is 8.29. The van der Waals surface area contributed by atoms with Crippen molar-refractivity contribution in [2.45, 2.75) is 63.9 Å². The lowest BCUT2D eigenvalue weighted by Crippen LogP contribution is -2.53. The minimum Gasteiger partial charge on any atom is -0.373 e. The summed E-state index contributed by atoms with van der Waals surface area (Å²) >= 11 is 0. The van der Waals surface area contributed by atoms with Crippen molar-refractivity contribution in [2.75, 3.05) is 19.7 Å². The molecular formula is C26H36N2O3. The van der Waals surface area contributed by atoms with E-state index in [1.54, 1.807) is 0 Å². The minimum atomic E-state index is -0.131. The van der Waals surface area contributed by atoms with Gasteiger partial charge in [-0.1, -0.05) is 30.3 Å². The molecule has 1 aromatic rings. The number of hydrogen-bond donors (Lipinski definition) is 2. The van der Waals surface area contributed by atoms with Crippen LogP contribution in [0.4, 0.5) is 0 Å². The third-order valence-electron chi connectivity index (χ3n) is 8.29. The van der Waals surface area contributed by atoms with E-state index in [2.05, 4.69) is 22.8 Å². The number of rotatable bonds is 7. The summed E-state index contributed by atoms with van der Waals surface area (Å²) in [6.07, 6.45) is 9.71. The Morgan fingerprint density at radius 3 is 2.32 bits per heavy atom. The number of ether oxygens (including phenoxy) is 1. The van der Waals surface area contributed by atoms with Crippen LogP contribution >= 0.6 is 0 Å². The first-order valence-corrected chi connectivity index (χ1v) is 12.3. The van der Waals surface area contributed by atoms with Gasteiger partial charge >= 0.3 is 0 Å². The summed E-state index contributed by atoms with van der Waals surface area (Å²) in [7, 11) is 0. The molecule has 2 N–H and O–H groups in total. The van der Waals surface area contributed by atoms with Crippen molar-refractivity contribution in [1.29, 1.82) is 0 Å². The van der Waals surface area contributed by atoms with Crippen LogP contribution in [0.3, 0.4) is 0 Å². The normalized spacial score (nSPS) is 36.2. The second kappa shape index (κ2) is 8.93. The first-order chi connectivity index (χ1) is 15.1. The van der Waals surface area contributed by atoms with E-state index < -0.39 is 0 Å². The molecule has 2 amide bonds. The Hall–Kier alpha value is -1.88. The SMILES string of the molecule is O=C(CCNC(=O)C12CC3CC(CC(C3)C1)C2)NCC1CCCOC1c1ccccc1. The number of amides is 2. The molecule has 168 valence electrons. The summed E-state index contributed by atoms with van der Waals surface area (Å²) in [5.41, 5.74) is 1.05. The van der Waals surface area contributed by atoms with Gasteiger partial charge in [-0.3, -0.25) is 9.59 Å². The highest BCUT2D eigenvalue weighted by Gasteiger charge is 2.54. The van der Waals surface area contributed by atoms with Crippen LogP contribution < -0.4 is 10.6 Å². The van der Waals surface area contributed by atoms with E-state index in [0.717, 1.165) is 56.5 Å². The van der Waals surface area contributed by atoms with Crippen LogP contribution in [0.2, 0.25) is 0 Å². The van der Waals surface area contributed by atoms with Gasteiger partial charge in [-0.2, -0.15) is 0 Å². The maximum Gasteiger partial charge on any atom is 0.226 e. The minimum absolute atomic E-state index is 0.0168. The Labute approximate surface area is 185 Å². The Kier molecular flexibility index (Phi) is 6.05. The van der Waals surface area contributed by atoms with Crippen molar-refractivity contribution in [3.8, 4) is 0 Å². The van der Waals surface area contributed by atoms with E-state index in [1.165, 1.54) is 24.8 Å². The summed E-state index contributed by atoms with van der Waals surface area (Å²) in [5.74, 6) is 2.80. The van der Waals surface area contributed by atoms with Gasteiger partial charge < -0.3 is 15.4 Å². The molecule has 4 aliphatic carbocycles. The highest BCUT2D eigenvalue weighted by Crippen LogP contribution is 2.60. The average Bonchev–Trinajstić information content (AvgIpc) is 2.77. The van der Waals surface area contributed by atoms with Gasteiger partial charge in [0.25, 0.3) is 0 Å². The van der Waals surface area contributed by atoms with Crippen LogP contribution in [0.5, 0.6) is 0 Å². The predicted molar refractivity (Wildman–Crippen MR) is 119 cm³/mol. The molecule has 0 spiro atoms. The van der Waals surface area contributed by atoms with Crippen LogP contribution in [0.15, 0.2) is 30.3 Å². The Morgan fingerprint density at radius 1 is 0.968 bits per heavy atom. The van der Waals surface area contributed by atoms with Gasteiger partial charge in [-0.25, -0.2) is 0 Å². The second-order valence-corrected chi connectivity index (χ2v) is 10.6. The van der Waals surface area contributed by atoms with Crippen LogP contribution in [-0.2, 0) is 14.3 Å². The van der Waals surface area contributed by atoms with Crippen molar-refractivity contribution in [3.05, 3.63) is 35.9 Å². The quantitative estimate of drug-likeness (QED) is 0.695. The van der Waals surface area contributed by atoms with Crippen molar-refractivity contribution >= 4 is 11.8 Å². The molecule has 4 bridgehead atoms. The van der Waals surface area contributed by atoms with Crippen molar-refractivity contribution in [2.24, 2.45) is 29.1 Å². The van der Waals surface area contributed by atoms with Gasteiger partial charge in [-0.05, 0) is 74.7 Å². The zero-order valence-corrected chi connectivity index (χ0v) is 18.5. The lowest BCUT2D eigenvalue weighted by molar-refractivity contribution is -0.146. The van der Waals surface area contributed by atoms with Gasteiger partial charge in [0, 0.05) is 37.5 Å². The molecule has 4 saturated carbocycles. The number of carbonyl (C=O) groups is 2. The molecule has 5 nitrogen and oxygen atoms in total. The van der Waals surface area contributed by atoms with E-state index in [9.17, 15) is 9.59 Å². The molecule has 5 aliphatic rings. The van der Waals surface area contributed by atoms with E-state index >= 15 is 0 Å². The standard InChI is InChI=1S/C26H36N2O3/c29-23(28-17-22-7-4-10-31-24(22)21-5-2-1-3-6-21)8-9-27-25(30)26-14-18-11-19(15-26)13-20(12-18)16-26/h1-3,5-6,18-20,22,24H,4,7-17H2,(H,27,30)(H,28,29). The first-order valence-electron chi connectivity index (χ1n) is 12.3. The lowest BCUT2D eigenvalue weighted by atomic mass is 9.49. The molecular weight excluding hydrogens is 388 g/mol. The fraction of sp³-hybridized carbons (Fsp3) is 0.692. The molecule has 2 atom stereocenters. The highest BCUT2D eigenvalue weighted by atomic mass is 16.5. The molecule has 5 heteroatoms. The Bertz CT molecular complexity index is 758. The molecule has 5 fully saturated rings. The number of hydrogen-bond acceptors (Lipinski definition) is 3. The zero-order valence-electron chi connectivity index (χ0n) is 18.5. The van der Waals surface area contributed by atoms with Crippen molar-refractivity contribution in [1.82, 2.24) is 10.6 Å². The third kappa shape index (κ3) is 4.52. The molecule has 0 aromatic heterocycles. The van der Waals surface area contributed by atoms with Crippen LogP contribution in [0.1, 0.15) is 69.5 Å². The summed E-state index contributed by atoms with van der Waals surface area (Å²) in [6.45, 7) is 1.84. The van der Waals surface area contributed by atoms with Crippen LogP contribution in [0, 0.1) is 29.1 Å². The van der Waals surface area contributed by atoms with Crippen LogP contribution in [-0.4, -0.2) is 31.5 Å². The lowest BCUT2D eigenvalue weighted by Gasteiger charge is -2.55. The average molecular weight is 425 g/mol. The first kappa shape index (κ1) is 21.0. The molecule has 1 aliphatic heterocycles. The van der Waals surface area contributed by atoms with Gasteiger partial charge in [0.15, 0.2) is 0 Å². The second-order valence-electron chi connectivity index (χ2n) is 10.6. The van der Waals surface area contributed by atoms with Crippen LogP contribution in [0.25, 0.3) is 0 Å². The van der Waals surface area contributed by atoms with Gasteiger partial charge in [-0.15, -0.1) is 0 Å². The Morgan fingerprint density at radius 2 is 1.65 bits per heavy atom. The van der Waals surface area contributed by atoms with E-state index in [0.29, 0.717) is 25.4 Å². The molecule has 0 radical (unpaired) electrons. The highest BCUT2D eigenvalue weighted by molar-refractivity contribution is 5.84. The molecule has 2 unspecified atom stereocenters. The fourth-order valence-corrected chi connectivity index (χ4v) is 7.26. The van der Waals surface area contributed by atoms with Crippen molar-refractivity contribution in [3.63, 3.8) is 0 Å². The van der Waals surface area contributed by atoms with E-state index in [1.807, 2.05) is 18.2 Å². The molecule has 6 rings (SSSR count). The zero-order chi connectivity index (χ0) is 21.3. The summed E-state index contributed by atoms with van der Waals surface area (Å²) < 4.78 is 6.03. The molecule has 1 saturated heterocycles. The van der Waals surface area contributed by atoms with Gasteiger partial charge in [0.1, 0.15) is 0 Å². The van der Waals surface area contributed by atoms with E-state index in [-0.39, 0.29) is 23.3 Å². The largest absolute Gasteiger partial charge is 0.373 e. The molecule has 31 heavy (non-hydrogen) atoms. The summed E-state index contributed by atoms with van der Waals surface area (Å²) in [4.78, 5) is 25.5. The van der Waals surface area contributed by atoms with E-state index in [4.69, 9.17) is 4.74 Å². The molecule has 1 heterocycles. The topological polar surface area (TPSA) is 67.4 Å². The Balaban J connectivity index is 1.07. The van der Waals surface area contributed by atoms with Gasteiger partial charge in [0.05, 0.1) is 6.10 Å². The smallest absolute Gasteiger partial charge is 0.226 e. The summed E-state index contributed by atoms with van der Waals surface area (Å²) in [6, 6.07) is 10.3. The molecule has 1 aromatic carbocycles. The fourth-order valence-electron chi connectivity index (χ4n) is 7.26. The maximum atomic E-state index is 13.0. The number of benzene rings is 1. The number of carbonyl (C=O) groups excluding carboxylic acids is 2. The van der Waals surface area contributed by atoms with Gasteiger partial charge in [0.2, 0.25) is 11.8 Å². The summed E-state index contributed by atoms with van der Waals surface area (Å²) in [5, 5.41) is 6.21. The monoisotopic (exact) mass is 424 g/mol. The predicted octanol–water partition coefficient (Wildman–Crippen LogP) is 3.99.